The Balaban J connectivity index is 1.14. The van der Waals surface area contributed by atoms with Crippen LogP contribution in [-0.2, 0) is 64.3 Å². The Morgan fingerprint density at radius 2 is 1.19 bits per heavy atom. The second kappa shape index (κ2) is 18.5. The summed E-state index contributed by atoms with van der Waals surface area (Å²) in [6, 6.07) is 44.4. The third kappa shape index (κ3) is 10.4. The highest BCUT2D eigenvalue weighted by molar-refractivity contribution is 5.82. The van der Waals surface area contributed by atoms with E-state index in [-0.39, 0.29) is 33.0 Å². The van der Waals surface area contributed by atoms with Crippen LogP contribution in [0.25, 0.3) is 10.8 Å². The summed E-state index contributed by atoms with van der Waals surface area (Å²) in [5, 5.41) is 2.31. The molecule has 54 heavy (non-hydrogen) atoms. The van der Waals surface area contributed by atoms with Gasteiger partial charge in [-0.3, -0.25) is 0 Å². The minimum absolute atomic E-state index is 0.0447. The Labute approximate surface area is 317 Å². The van der Waals surface area contributed by atoms with E-state index >= 15 is 4.39 Å². The molecular formula is C45H49FO8. The highest BCUT2D eigenvalue weighted by Crippen LogP contribution is 2.35. The van der Waals surface area contributed by atoms with E-state index in [0.29, 0.717) is 13.2 Å². The minimum atomic E-state index is -1.52. The molecule has 8 nitrogen and oxygen atoms in total. The van der Waals surface area contributed by atoms with Crippen LogP contribution < -0.4 is 0 Å². The van der Waals surface area contributed by atoms with Gasteiger partial charge in [-0.2, -0.15) is 0 Å². The largest absolute Gasteiger partial charge is 0.374 e. The monoisotopic (exact) mass is 736 g/mol. The van der Waals surface area contributed by atoms with E-state index < -0.39 is 48.8 Å². The molecule has 7 atom stereocenters. The first kappa shape index (κ1) is 38.3. The van der Waals surface area contributed by atoms with E-state index in [1.54, 1.807) is 13.8 Å². The highest BCUT2D eigenvalue weighted by atomic mass is 19.1. The molecule has 0 amide bonds. The Kier molecular flexibility index (Phi) is 13.1. The predicted molar refractivity (Wildman–Crippen MR) is 203 cm³/mol. The van der Waals surface area contributed by atoms with Gasteiger partial charge in [0.2, 0.25) is 0 Å². The fourth-order valence-electron chi connectivity index (χ4n) is 6.80. The van der Waals surface area contributed by atoms with Crippen LogP contribution in [0.4, 0.5) is 4.39 Å². The van der Waals surface area contributed by atoms with Crippen LogP contribution in [0.1, 0.15) is 36.1 Å². The molecule has 0 aromatic heterocycles. The minimum Gasteiger partial charge on any atom is -0.374 e. The van der Waals surface area contributed by atoms with Gasteiger partial charge in [-0.05, 0) is 52.9 Å². The van der Waals surface area contributed by atoms with E-state index in [9.17, 15) is 0 Å². The zero-order valence-corrected chi connectivity index (χ0v) is 30.8. The van der Waals surface area contributed by atoms with Crippen LogP contribution in [0.2, 0.25) is 0 Å². The van der Waals surface area contributed by atoms with Gasteiger partial charge in [-0.1, -0.05) is 127 Å². The number of halogens is 1. The molecule has 2 aliphatic heterocycles. The first-order chi connectivity index (χ1) is 26.4. The average molecular weight is 737 g/mol. The number of ether oxygens (including phenoxy) is 8. The number of hydrogen-bond donors (Lipinski definition) is 0. The van der Waals surface area contributed by atoms with E-state index in [2.05, 4.69) is 30.3 Å². The summed E-state index contributed by atoms with van der Waals surface area (Å²) < 4.78 is 66.3. The fourth-order valence-corrected chi connectivity index (χ4v) is 6.80. The molecule has 0 bridgehead atoms. The molecule has 0 N–H and O–H groups in total. The lowest BCUT2D eigenvalue weighted by molar-refractivity contribution is -0.299. The van der Waals surface area contributed by atoms with Crippen LogP contribution in [0, 0.1) is 0 Å². The summed E-state index contributed by atoms with van der Waals surface area (Å²) >= 11 is 0. The number of hydrogen-bond acceptors (Lipinski definition) is 8. The van der Waals surface area contributed by atoms with Crippen LogP contribution in [0.3, 0.4) is 0 Å². The van der Waals surface area contributed by atoms with E-state index in [1.165, 1.54) is 5.39 Å². The van der Waals surface area contributed by atoms with Gasteiger partial charge in [0.05, 0.1) is 46.2 Å². The van der Waals surface area contributed by atoms with Crippen molar-refractivity contribution in [3.8, 4) is 0 Å². The van der Waals surface area contributed by atoms with Gasteiger partial charge in [0.25, 0.3) is 0 Å². The molecule has 5 aromatic rings. The van der Waals surface area contributed by atoms with Crippen molar-refractivity contribution in [3.63, 3.8) is 0 Å². The molecule has 4 unspecified atom stereocenters. The number of alkyl halides is 1. The van der Waals surface area contributed by atoms with Gasteiger partial charge in [0.1, 0.15) is 30.5 Å². The van der Waals surface area contributed by atoms with E-state index in [1.807, 2.05) is 103 Å². The summed E-state index contributed by atoms with van der Waals surface area (Å²) in [4.78, 5) is 0. The van der Waals surface area contributed by atoms with E-state index in [0.717, 1.165) is 27.6 Å². The van der Waals surface area contributed by atoms with Crippen LogP contribution in [-0.4, -0.2) is 68.6 Å². The predicted octanol–water partition coefficient (Wildman–Crippen LogP) is 8.34. The number of rotatable bonds is 18. The Bertz CT molecular complexity index is 1860. The maximum Gasteiger partial charge on any atom is 0.192 e. The SMILES string of the molecule is CC1(C)OC[C@H]2O[C@@H](OCC(OCc3ccccc3)C(OCc3ccccc3)C(COCc3ccc4ccccc4c3)OCc3ccccc3)[C@@H](F)C2O1. The molecular weight excluding hydrogens is 687 g/mol. The summed E-state index contributed by atoms with van der Waals surface area (Å²) in [7, 11) is 0. The van der Waals surface area contributed by atoms with Gasteiger partial charge < -0.3 is 37.9 Å². The number of benzene rings is 5. The van der Waals surface area contributed by atoms with Gasteiger partial charge in [0, 0.05) is 0 Å². The molecule has 2 fully saturated rings. The molecule has 0 aliphatic carbocycles. The van der Waals surface area contributed by atoms with E-state index in [4.69, 9.17) is 37.9 Å². The van der Waals surface area contributed by atoms with Crippen molar-refractivity contribution in [2.24, 2.45) is 0 Å². The Morgan fingerprint density at radius 1 is 0.630 bits per heavy atom. The third-order valence-corrected chi connectivity index (χ3v) is 9.69. The first-order valence-corrected chi connectivity index (χ1v) is 18.7. The lowest BCUT2D eigenvalue weighted by atomic mass is 10.1. The summed E-state index contributed by atoms with van der Waals surface area (Å²) in [5.74, 6) is -0.919. The topological polar surface area (TPSA) is 73.8 Å². The normalized spacial score (nSPS) is 22.4. The summed E-state index contributed by atoms with van der Waals surface area (Å²) in [6.45, 7) is 5.13. The summed E-state index contributed by atoms with van der Waals surface area (Å²) in [6.07, 6.45) is -6.12. The van der Waals surface area contributed by atoms with Gasteiger partial charge in [0.15, 0.2) is 18.2 Å². The van der Waals surface area contributed by atoms with Crippen LogP contribution in [0.5, 0.6) is 0 Å². The highest BCUT2D eigenvalue weighted by Gasteiger charge is 2.52. The molecule has 284 valence electrons. The molecule has 5 aromatic carbocycles. The molecule has 9 heteroatoms. The second-order valence-corrected chi connectivity index (χ2v) is 14.2. The van der Waals surface area contributed by atoms with Gasteiger partial charge in [-0.15, -0.1) is 0 Å². The van der Waals surface area contributed by atoms with Crippen molar-refractivity contribution >= 4 is 10.8 Å². The molecule has 7 rings (SSSR count). The second-order valence-electron chi connectivity index (χ2n) is 14.2. The van der Waals surface area contributed by atoms with Crippen molar-refractivity contribution in [2.75, 3.05) is 19.8 Å². The lowest BCUT2D eigenvalue weighted by Gasteiger charge is -2.37. The van der Waals surface area contributed by atoms with Crippen LogP contribution in [0.15, 0.2) is 133 Å². The molecule has 2 saturated heterocycles. The van der Waals surface area contributed by atoms with Crippen molar-refractivity contribution in [2.45, 2.75) is 89.0 Å². The first-order valence-electron chi connectivity index (χ1n) is 18.7. The third-order valence-electron chi connectivity index (χ3n) is 9.69. The smallest absolute Gasteiger partial charge is 0.192 e. The van der Waals surface area contributed by atoms with Crippen molar-refractivity contribution < 1.29 is 42.3 Å². The Hall–Kier alpha value is -4.03. The fraction of sp³-hybridized carbons (Fsp3) is 0.378. The van der Waals surface area contributed by atoms with Gasteiger partial charge in [-0.25, -0.2) is 4.39 Å². The van der Waals surface area contributed by atoms with Crippen molar-refractivity contribution in [1.29, 1.82) is 0 Å². The Morgan fingerprint density at radius 3 is 1.81 bits per heavy atom. The zero-order valence-electron chi connectivity index (χ0n) is 30.8. The maximum absolute atomic E-state index is 15.9. The maximum atomic E-state index is 15.9. The standard InChI is InChI=1S/C45H49FO8/c1-45(2)52-31-40-43(54-45)41(46)44(53-40)51-30-39(49-27-33-16-8-4-9-17-33)42(50-28-34-18-10-5-11-19-34)38(48-26-32-14-6-3-7-15-32)29-47-25-35-22-23-36-20-12-13-21-37(36)24-35/h3-24,38-44H,25-31H2,1-2H3/t38?,39?,40-,41+,42?,43?,44-/m1/s1. The molecule has 0 radical (unpaired) electrons. The molecule has 2 heterocycles. The molecule has 2 aliphatic rings. The van der Waals surface area contributed by atoms with Crippen LogP contribution >= 0.6 is 0 Å². The zero-order chi connectivity index (χ0) is 37.2. The summed E-state index contributed by atoms with van der Waals surface area (Å²) in [5.41, 5.74) is 4.00. The lowest BCUT2D eigenvalue weighted by Crippen LogP contribution is -2.49. The molecule has 0 saturated carbocycles. The number of fused-ring (bicyclic) bond motifs is 2. The van der Waals surface area contributed by atoms with Crippen molar-refractivity contribution in [1.82, 2.24) is 0 Å². The van der Waals surface area contributed by atoms with Crippen molar-refractivity contribution in [3.05, 3.63) is 156 Å². The average Bonchev–Trinajstić information content (AvgIpc) is 3.51. The van der Waals surface area contributed by atoms with Gasteiger partial charge >= 0.3 is 0 Å². The quantitative estimate of drug-likeness (QED) is 0.0890. The molecule has 0 spiro atoms.